The number of amides is 3. The first-order valence-electron chi connectivity index (χ1n) is 17.6. The molecule has 0 saturated carbocycles. The number of likely N-dealkylation sites (tertiary alicyclic amines) is 1. The number of hydrogen-bond acceptors (Lipinski definition) is 8. The Labute approximate surface area is 306 Å². The van der Waals surface area contributed by atoms with Gasteiger partial charge in [0, 0.05) is 61.8 Å². The zero-order chi connectivity index (χ0) is 36.5. The molecule has 4 aromatic rings. The Morgan fingerprint density at radius 1 is 1.02 bits per heavy atom. The third-order valence-electron chi connectivity index (χ3n) is 10.5. The molecule has 3 amide bonds. The number of benzene rings is 2. The van der Waals surface area contributed by atoms with Crippen molar-refractivity contribution < 1.29 is 19.1 Å². The van der Waals surface area contributed by atoms with Crippen molar-refractivity contribution in [3.8, 4) is 16.9 Å². The Balaban J connectivity index is 0.907. The van der Waals surface area contributed by atoms with Crippen LogP contribution >= 0.6 is 11.6 Å². The average molecular weight is 727 g/mol. The van der Waals surface area contributed by atoms with Gasteiger partial charge in [0.2, 0.25) is 11.8 Å². The molecule has 272 valence electrons. The van der Waals surface area contributed by atoms with E-state index in [4.69, 9.17) is 16.3 Å². The molecule has 0 aliphatic carbocycles. The number of fused-ring (bicyclic) bond motifs is 1. The Morgan fingerprint density at radius 2 is 1.73 bits per heavy atom. The van der Waals surface area contributed by atoms with E-state index in [1.54, 1.807) is 36.5 Å². The lowest BCUT2D eigenvalue weighted by Crippen LogP contribution is -2.53. The summed E-state index contributed by atoms with van der Waals surface area (Å²) in [6.45, 7) is 7.51. The number of ether oxygens (including phenoxy) is 1. The fourth-order valence-corrected chi connectivity index (χ4v) is 7.78. The minimum Gasteiger partial charge on any atom is -0.496 e. The Kier molecular flexibility index (Phi) is 10.1. The van der Waals surface area contributed by atoms with Gasteiger partial charge in [-0.1, -0.05) is 30.3 Å². The number of piperazine rings is 1. The lowest BCUT2D eigenvalue weighted by molar-refractivity contribution is -0.134. The van der Waals surface area contributed by atoms with Crippen LogP contribution < -0.4 is 20.9 Å². The molecule has 2 aromatic carbocycles. The molecular weight excluding hydrogens is 684 g/mol. The summed E-state index contributed by atoms with van der Waals surface area (Å²) in [7, 11) is 3.15. The van der Waals surface area contributed by atoms with E-state index in [1.807, 2.05) is 17.0 Å². The number of H-pyrrole nitrogens is 1. The summed E-state index contributed by atoms with van der Waals surface area (Å²) >= 11 is 6.75. The number of aryl methyl sites for hydroxylation is 1. The van der Waals surface area contributed by atoms with Crippen LogP contribution in [-0.4, -0.2) is 106 Å². The molecule has 1 atom stereocenters. The van der Waals surface area contributed by atoms with Crippen molar-refractivity contribution in [3.05, 3.63) is 87.6 Å². The molecule has 5 heterocycles. The quantitative estimate of drug-likeness (QED) is 0.248. The minimum absolute atomic E-state index is 0.0394. The Bertz CT molecular complexity index is 2080. The first-order chi connectivity index (χ1) is 25.1. The predicted molar refractivity (Wildman–Crippen MR) is 200 cm³/mol. The van der Waals surface area contributed by atoms with E-state index in [2.05, 4.69) is 44.4 Å². The van der Waals surface area contributed by atoms with Crippen LogP contribution in [0.4, 0.5) is 5.69 Å². The highest BCUT2D eigenvalue weighted by Crippen LogP contribution is 2.36. The van der Waals surface area contributed by atoms with E-state index in [1.165, 1.54) is 17.2 Å². The molecule has 0 bridgehead atoms. The number of carbonyl (C=O) groups excluding carboxylic acids is 3. The number of halogens is 1. The number of allylic oxidation sites excluding steroid dienone is 1. The van der Waals surface area contributed by atoms with Crippen LogP contribution in [0.2, 0.25) is 5.02 Å². The van der Waals surface area contributed by atoms with Crippen molar-refractivity contribution >= 4 is 45.9 Å². The van der Waals surface area contributed by atoms with Gasteiger partial charge in [0.15, 0.2) is 0 Å². The summed E-state index contributed by atoms with van der Waals surface area (Å²) in [4.78, 5) is 57.6. The van der Waals surface area contributed by atoms with Crippen LogP contribution in [0.25, 0.3) is 22.0 Å². The first-order valence-corrected chi connectivity index (χ1v) is 18.0. The van der Waals surface area contributed by atoms with Gasteiger partial charge in [0.1, 0.15) is 22.9 Å². The summed E-state index contributed by atoms with van der Waals surface area (Å²) < 4.78 is 7.12. The summed E-state index contributed by atoms with van der Waals surface area (Å²) in [6, 6.07) is 11.6. The number of nitrogens with zero attached hydrogens (tertiary/aromatic N) is 5. The van der Waals surface area contributed by atoms with Crippen LogP contribution in [0.5, 0.6) is 5.75 Å². The van der Waals surface area contributed by atoms with Crippen molar-refractivity contribution in [1.82, 2.24) is 34.8 Å². The van der Waals surface area contributed by atoms with Crippen molar-refractivity contribution in [2.45, 2.75) is 37.6 Å². The smallest absolute Gasteiger partial charge is 0.276 e. The molecule has 0 spiro atoms. The summed E-state index contributed by atoms with van der Waals surface area (Å²) in [5, 5.41) is 13.8. The van der Waals surface area contributed by atoms with Crippen LogP contribution in [0.15, 0.2) is 65.9 Å². The molecule has 13 nitrogen and oxygen atoms in total. The first kappa shape index (κ1) is 35.3. The number of nitrogens with one attached hydrogen (secondary N) is 3. The van der Waals surface area contributed by atoms with Gasteiger partial charge in [0.05, 0.1) is 24.9 Å². The second-order valence-corrected chi connectivity index (χ2v) is 14.2. The largest absolute Gasteiger partial charge is 0.496 e. The Hall–Kier alpha value is -5.14. The zero-order valence-corrected chi connectivity index (χ0v) is 30.2. The van der Waals surface area contributed by atoms with Gasteiger partial charge in [0.25, 0.3) is 11.5 Å². The molecule has 3 saturated heterocycles. The molecular formula is C38H43ClN8O5. The number of carbonyl (C=O) groups is 3. The number of aromatic amines is 1. The number of pyridine rings is 1. The van der Waals surface area contributed by atoms with Gasteiger partial charge in [-0.25, -0.2) is 0 Å². The second kappa shape index (κ2) is 14.8. The molecule has 3 aliphatic heterocycles. The molecule has 7 rings (SSSR count). The third-order valence-corrected chi connectivity index (χ3v) is 10.8. The molecule has 0 radical (unpaired) electrons. The van der Waals surface area contributed by atoms with E-state index < -0.39 is 0 Å². The molecule has 1 unspecified atom stereocenters. The van der Waals surface area contributed by atoms with Crippen LogP contribution in [0.3, 0.4) is 0 Å². The highest BCUT2D eigenvalue weighted by atomic mass is 35.5. The number of aromatic nitrogens is 3. The van der Waals surface area contributed by atoms with Gasteiger partial charge < -0.3 is 29.7 Å². The van der Waals surface area contributed by atoms with E-state index in [-0.39, 0.29) is 39.9 Å². The molecule has 3 N–H and O–H groups in total. The maximum Gasteiger partial charge on any atom is 0.276 e. The van der Waals surface area contributed by atoms with Crippen molar-refractivity contribution in [3.63, 3.8) is 0 Å². The van der Waals surface area contributed by atoms with E-state index in [0.717, 1.165) is 55.7 Å². The molecule has 14 heteroatoms. The van der Waals surface area contributed by atoms with E-state index in [9.17, 15) is 19.2 Å². The monoisotopic (exact) mass is 726 g/mol. The van der Waals surface area contributed by atoms with E-state index in [0.29, 0.717) is 60.9 Å². The molecule has 3 aliphatic rings. The summed E-state index contributed by atoms with van der Waals surface area (Å²) in [5.74, 6) is 0.516. The van der Waals surface area contributed by atoms with Gasteiger partial charge in [-0.3, -0.25) is 29.2 Å². The second-order valence-electron chi connectivity index (χ2n) is 13.8. The van der Waals surface area contributed by atoms with Gasteiger partial charge in [-0.2, -0.15) is 5.10 Å². The maximum atomic E-state index is 13.8. The van der Waals surface area contributed by atoms with Gasteiger partial charge >= 0.3 is 0 Å². The zero-order valence-electron chi connectivity index (χ0n) is 29.4. The number of anilines is 1. The topological polar surface area (TPSA) is 145 Å². The maximum absolute atomic E-state index is 13.8. The van der Waals surface area contributed by atoms with E-state index >= 15 is 0 Å². The number of methoxy groups -OCH3 is 1. The summed E-state index contributed by atoms with van der Waals surface area (Å²) in [5.41, 5.74) is 4.82. The molecule has 2 aromatic heterocycles. The van der Waals surface area contributed by atoms with Crippen LogP contribution in [-0.2, 0) is 16.6 Å². The minimum atomic E-state index is -0.258. The predicted octanol–water partition coefficient (Wildman–Crippen LogP) is 3.96. The fourth-order valence-electron chi connectivity index (χ4n) is 7.48. The van der Waals surface area contributed by atoms with Crippen molar-refractivity contribution in [2.75, 3.05) is 58.2 Å². The highest BCUT2D eigenvalue weighted by molar-refractivity contribution is 6.34. The molecule has 3 fully saturated rings. The number of rotatable bonds is 8. The highest BCUT2D eigenvalue weighted by Gasteiger charge is 2.31. The van der Waals surface area contributed by atoms with Crippen LogP contribution in [0, 0.1) is 0 Å². The lowest BCUT2D eigenvalue weighted by Gasteiger charge is -2.37. The Morgan fingerprint density at radius 3 is 2.42 bits per heavy atom. The number of piperidine rings is 2. The normalized spacial score (nSPS) is 18.8. The SMILES string of the molecule is C=C1CCC(Nc2ccc(C3CCN(CC(=O)N4CCN(C(=O)c5c(Cl)cc(-c6cn(C)c(=O)c7[nH]ncc67)cc5OC)CC4)CC3)cc2)C(=O)N1. The fraction of sp³-hybridized carbons (Fsp3) is 0.395. The average Bonchev–Trinajstić information content (AvgIpc) is 3.65. The number of hydrogen-bond donors (Lipinski definition) is 3. The van der Waals surface area contributed by atoms with Crippen LogP contribution in [0.1, 0.15) is 47.5 Å². The van der Waals surface area contributed by atoms with Gasteiger partial charge in [-0.15, -0.1) is 0 Å². The van der Waals surface area contributed by atoms with Crippen molar-refractivity contribution in [1.29, 1.82) is 0 Å². The van der Waals surface area contributed by atoms with Crippen molar-refractivity contribution in [2.24, 2.45) is 7.05 Å². The lowest BCUT2D eigenvalue weighted by atomic mass is 9.89. The molecule has 52 heavy (non-hydrogen) atoms. The summed E-state index contributed by atoms with van der Waals surface area (Å²) in [6.07, 6.45) is 6.74. The standard InChI is InChI=1S/C38H43ClN8O5/c1-23-4-9-31(36(49)41-23)42-27-7-5-24(6-8-27)25-10-12-45(13-11-25)22-33(48)46-14-16-47(17-15-46)37(50)34-30(39)18-26(19-32(34)52-3)29-21-44(2)38(51)35-28(29)20-40-43-35/h5-8,18-21,25,31,42H,1,4,9-17,22H2,2-3H3,(H,40,43)(H,41,49). The third kappa shape index (κ3) is 7.15. The van der Waals surface area contributed by atoms with Gasteiger partial charge in [-0.05, 0) is 80.1 Å².